The fourth-order valence-corrected chi connectivity index (χ4v) is 0.834. The maximum atomic E-state index is 5.59. The Bertz CT molecular complexity index is 273. The second-order valence-corrected chi connectivity index (χ2v) is 2.84. The largest absolute Gasteiger partial charge is 0.491 e. The van der Waals surface area contributed by atoms with E-state index in [-0.39, 0.29) is 0 Å². The van der Waals surface area contributed by atoms with Crippen molar-refractivity contribution in [3.8, 4) is 5.75 Å². The van der Waals surface area contributed by atoms with Crippen LogP contribution in [0.4, 0.5) is 5.82 Å². The first-order chi connectivity index (χ1) is 5.65. The lowest BCUT2D eigenvalue weighted by Crippen LogP contribution is -2.03. The minimum Gasteiger partial charge on any atom is -0.491 e. The van der Waals surface area contributed by atoms with Crippen LogP contribution >= 0.6 is 0 Å². The van der Waals surface area contributed by atoms with Gasteiger partial charge in [-0.15, -0.1) is 0 Å². The molecule has 1 heterocycles. The highest BCUT2D eigenvalue weighted by Crippen LogP contribution is 2.18. The van der Waals surface area contributed by atoms with Crippen molar-refractivity contribution in [2.75, 3.05) is 12.8 Å². The summed E-state index contributed by atoms with van der Waals surface area (Å²) in [6.45, 7) is 4.03. The lowest BCUT2D eigenvalue weighted by atomic mass is 10.2. The third kappa shape index (κ3) is 1.64. The molecule has 12 heavy (non-hydrogen) atoms. The van der Waals surface area contributed by atoms with E-state index in [1.54, 1.807) is 13.3 Å². The van der Waals surface area contributed by atoms with Crippen LogP contribution in [0.5, 0.6) is 5.75 Å². The second kappa shape index (κ2) is 3.38. The molecule has 0 saturated carbocycles. The smallest absolute Gasteiger partial charge is 0.179 e. The molecule has 0 spiro atoms. The zero-order chi connectivity index (χ0) is 9.14. The minimum atomic E-state index is 0.290. The van der Waals surface area contributed by atoms with Crippen LogP contribution in [0.3, 0.4) is 0 Å². The van der Waals surface area contributed by atoms with Gasteiger partial charge in [0, 0.05) is 5.92 Å². The molecular formula is C8H13N3O. The quantitative estimate of drug-likeness (QED) is 0.718. The third-order valence-corrected chi connectivity index (χ3v) is 1.54. The fourth-order valence-electron chi connectivity index (χ4n) is 0.834. The predicted octanol–water partition coefficient (Wildman–Crippen LogP) is 1.19. The lowest BCUT2D eigenvalue weighted by Gasteiger charge is -2.06. The number of rotatable bonds is 2. The maximum Gasteiger partial charge on any atom is 0.179 e. The number of aromatic nitrogens is 2. The predicted molar refractivity (Wildman–Crippen MR) is 47.1 cm³/mol. The number of nitrogens with two attached hydrogens (primary N) is 1. The van der Waals surface area contributed by atoms with E-state index in [1.165, 1.54) is 0 Å². The Labute approximate surface area is 71.8 Å². The van der Waals surface area contributed by atoms with Crippen molar-refractivity contribution in [2.24, 2.45) is 0 Å². The van der Waals surface area contributed by atoms with Crippen molar-refractivity contribution in [1.82, 2.24) is 9.97 Å². The van der Waals surface area contributed by atoms with Gasteiger partial charge in [-0.05, 0) is 0 Å². The van der Waals surface area contributed by atoms with Crippen LogP contribution in [-0.2, 0) is 0 Å². The van der Waals surface area contributed by atoms with Crippen LogP contribution in [0.25, 0.3) is 0 Å². The van der Waals surface area contributed by atoms with Crippen LogP contribution in [0.2, 0.25) is 0 Å². The molecule has 0 aromatic carbocycles. The van der Waals surface area contributed by atoms with Gasteiger partial charge in [-0.3, -0.25) is 0 Å². The number of hydrogen-bond donors (Lipinski definition) is 1. The van der Waals surface area contributed by atoms with Gasteiger partial charge in [-0.2, -0.15) is 0 Å². The Morgan fingerprint density at radius 2 is 2.17 bits per heavy atom. The molecule has 66 valence electrons. The number of ether oxygens (including phenoxy) is 1. The summed E-state index contributed by atoms with van der Waals surface area (Å²) in [5.41, 5.74) is 5.59. The topological polar surface area (TPSA) is 61.0 Å². The van der Waals surface area contributed by atoms with E-state index in [0.29, 0.717) is 17.5 Å². The van der Waals surface area contributed by atoms with Crippen molar-refractivity contribution in [2.45, 2.75) is 19.8 Å². The maximum absolute atomic E-state index is 5.59. The Hall–Kier alpha value is -1.32. The summed E-state index contributed by atoms with van der Waals surface area (Å²) in [7, 11) is 1.55. The van der Waals surface area contributed by atoms with E-state index < -0.39 is 0 Å². The molecule has 0 fully saturated rings. The average molecular weight is 167 g/mol. The SMILES string of the molecule is COc1cnc(C(C)C)nc1N. The average Bonchev–Trinajstić information content (AvgIpc) is 2.04. The van der Waals surface area contributed by atoms with E-state index in [1.807, 2.05) is 13.8 Å². The molecule has 0 radical (unpaired) electrons. The first-order valence-corrected chi connectivity index (χ1v) is 3.81. The highest BCUT2D eigenvalue weighted by molar-refractivity contribution is 5.43. The zero-order valence-corrected chi connectivity index (χ0v) is 7.53. The Balaban J connectivity index is 3.02. The number of nitrogens with zero attached hydrogens (tertiary/aromatic N) is 2. The fraction of sp³-hybridized carbons (Fsp3) is 0.500. The Kier molecular flexibility index (Phi) is 2.47. The molecule has 0 atom stereocenters. The molecular weight excluding hydrogens is 154 g/mol. The van der Waals surface area contributed by atoms with Crippen molar-refractivity contribution in [1.29, 1.82) is 0 Å². The lowest BCUT2D eigenvalue weighted by molar-refractivity contribution is 0.412. The monoisotopic (exact) mass is 167 g/mol. The van der Waals surface area contributed by atoms with Crippen molar-refractivity contribution in [3.05, 3.63) is 12.0 Å². The molecule has 0 aliphatic heterocycles. The van der Waals surface area contributed by atoms with Crippen molar-refractivity contribution >= 4 is 5.82 Å². The van der Waals surface area contributed by atoms with Crippen LogP contribution in [-0.4, -0.2) is 17.1 Å². The van der Waals surface area contributed by atoms with Gasteiger partial charge in [0.2, 0.25) is 0 Å². The summed E-state index contributed by atoms with van der Waals surface area (Å²) in [5.74, 6) is 1.96. The molecule has 1 aromatic rings. The molecule has 0 saturated heterocycles. The minimum absolute atomic E-state index is 0.290. The van der Waals surface area contributed by atoms with Gasteiger partial charge >= 0.3 is 0 Å². The molecule has 0 aliphatic carbocycles. The Morgan fingerprint density at radius 3 is 2.58 bits per heavy atom. The van der Waals surface area contributed by atoms with E-state index >= 15 is 0 Å². The summed E-state index contributed by atoms with van der Waals surface area (Å²) in [5, 5.41) is 0. The van der Waals surface area contributed by atoms with Gasteiger partial charge in [0.25, 0.3) is 0 Å². The number of nitrogen functional groups attached to an aromatic ring is 1. The number of anilines is 1. The summed E-state index contributed by atoms with van der Waals surface area (Å²) in [4.78, 5) is 8.18. The van der Waals surface area contributed by atoms with Crippen LogP contribution < -0.4 is 10.5 Å². The second-order valence-electron chi connectivity index (χ2n) is 2.84. The van der Waals surface area contributed by atoms with Crippen molar-refractivity contribution in [3.63, 3.8) is 0 Å². The molecule has 2 N–H and O–H groups in total. The van der Waals surface area contributed by atoms with Crippen LogP contribution in [0.15, 0.2) is 6.20 Å². The Morgan fingerprint density at radius 1 is 1.50 bits per heavy atom. The highest BCUT2D eigenvalue weighted by atomic mass is 16.5. The standard InChI is InChI=1S/C8H13N3O/c1-5(2)8-10-4-6(12-3)7(9)11-8/h4-5H,1-3H3,(H2,9,10,11). The highest BCUT2D eigenvalue weighted by Gasteiger charge is 2.06. The number of methoxy groups -OCH3 is 1. The first-order valence-electron chi connectivity index (χ1n) is 3.81. The molecule has 4 nitrogen and oxygen atoms in total. The molecule has 0 unspecified atom stereocenters. The summed E-state index contributed by atoms with van der Waals surface area (Å²) >= 11 is 0. The van der Waals surface area contributed by atoms with Crippen molar-refractivity contribution < 1.29 is 4.74 Å². The molecule has 0 aliphatic rings. The van der Waals surface area contributed by atoms with Gasteiger partial charge in [-0.1, -0.05) is 13.8 Å². The number of hydrogen-bond acceptors (Lipinski definition) is 4. The molecule has 0 amide bonds. The molecule has 4 heteroatoms. The molecule has 1 rings (SSSR count). The van der Waals surface area contributed by atoms with Gasteiger partial charge in [0.1, 0.15) is 5.82 Å². The van der Waals surface area contributed by atoms with E-state index in [9.17, 15) is 0 Å². The van der Waals surface area contributed by atoms with E-state index in [4.69, 9.17) is 10.5 Å². The normalized spacial score (nSPS) is 10.3. The summed E-state index contributed by atoms with van der Waals surface area (Å²) < 4.78 is 4.93. The first kappa shape index (κ1) is 8.77. The zero-order valence-electron chi connectivity index (χ0n) is 7.53. The van der Waals surface area contributed by atoms with E-state index in [2.05, 4.69) is 9.97 Å². The summed E-state index contributed by atoms with van der Waals surface area (Å²) in [6, 6.07) is 0. The molecule has 1 aromatic heterocycles. The van der Waals surface area contributed by atoms with Crippen LogP contribution in [0.1, 0.15) is 25.6 Å². The van der Waals surface area contributed by atoms with Gasteiger partial charge < -0.3 is 10.5 Å². The summed E-state index contributed by atoms with van der Waals surface area (Å²) in [6.07, 6.45) is 1.59. The van der Waals surface area contributed by atoms with Gasteiger partial charge in [0.15, 0.2) is 11.6 Å². The third-order valence-electron chi connectivity index (χ3n) is 1.54. The molecule has 0 bridgehead atoms. The van der Waals surface area contributed by atoms with Crippen LogP contribution in [0, 0.1) is 0 Å². The van der Waals surface area contributed by atoms with Gasteiger partial charge in [0.05, 0.1) is 13.3 Å². The van der Waals surface area contributed by atoms with E-state index in [0.717, 1.165) is 5.82 Å². The van der Waals surface area contributed by atoms with Gasteiger partial charge in [-0.25, -0.2) is 9.97 Å².